The van der Waals surface area contributed by atoms with Crippen LogP contribution >= 0.6 is 27.3 Å². The summed E-state index contributed by atoms with van der Waals surface area (Å²) in [6.07, 6.45) is 4.00. The van der Waals surface area contributed by atoms with Crippen molar-refractivity contribution in [3.63, 3.8) is 0 Å². The molecule has 1 N–H and O–H groups in total. The van der Waals surface area contributed by atoms with Crippen molar-refractivity contribution in [1.29, 1.82) is 0 Å². The summed E-state index contributed by atoms with van der Waals surface area (Å²) in [5.74, 6) is 0. The van der Waals surface area contributed by atoms with Gasteiger partial charge in [-0.2, -0.15) is 0 Å². The standard InChI is InChI=1S/C9H12BrNS/c10-9-5-4-8(12-9)7-3-1-2-6-11-7/h4-5,7,11H,1-3,6H2/t7-/m1/s1. The van der Waals surface area contributed by atoms with Crippen molar-refractivity contribution in [2.45, 2.75) is 25.3 Å². The molecule has 1 aromatic heterocycles. The molecule has 0 spiro atoms. The highest BCUT2D eigenvalue weighted by molar-refractivity contribution is 9.11. The maximum atomic E-state index is 3.54. The van der Waals surface area contributed by atoms with Crippen molar-refractivity contribution in [3.8, 4) is 0 Å². The molecule has 0 amide bonds. The van der Waals surface area contributed by atoms with E-state index >= 15 is 0 Å². The molecule has 1 aliphatic rings. The van der Waals surface area contributed by atoms with E-state index in [1.54, 1.807) is 0 Å². The lowest BCUT2D eigenvalue weighted by atomic mass is 10.0. The van der Waals surface area contributed by atoms with Gasteiger partial charge in [0, 0.05) is 10.9 Å². The molecule has 1 aromatic rings. The molecule has 1 aliphatic heterocycles. The zero-order valence-electron chi connectivity index (χ0n) is 6.85. The van der Waals surface area contributed by atoms with E-state index in [1.165, 1.54) is 34.5 Å². The molecule has 0 saturated carbocycles. The van der Waals surface area contributed by atoms with Crippen molar-refractivity contribution in [2.75, 3.05) is 6.54 Å². The summed E-state index contributed by atoms with van der Waals surface area (Å²) >= 11 is 5.34. The smallest absolute Gasteiger partial charge is 0.0701 e. The van der Waals surface area contributed by atoms with Crippen LogP contribution in [0.25, 0.3) is 0 Å². The van der Waals surface area contributed by atoms with Crippen LogP contribution in [-0.2, 0) is 0 Å². The molecule has 0 unspecified atom stereocenters. The fourth-order valence-electron chi connectivity index (χ4n) is 1.61. The Kier molecular flexibility index (Phi) is 2.84. The lowest BCUT2D eigenvalue weighted by molar-refractivity contribution is 0.417. The molecular weight excluding hydrogens is 234 g/mol. The van der Waals surface area contributed by atoms with Gasteiger partial charge in [-0.1, -0.05) is 6.42 Å². The van der Waals surface area contributed by atoms with Gasteiger partial charge in [0.05, 0.1) is 3.79 Å². The van der Waals surface area contributed by atoms with Crippen molar-refractivity contribution in [1.82, 2.24) is 5.32 Å². The minimum atomic E-state index is 0.620. The summed E-state index contributed by atoms with van der Waals surface area (Å²) in [4.78, 5) is 1.47. The Labute approximate surface area is 85.3 Å². The molecule has 3 heteroatoms. The maximum absolute atomic E-state index is 3.54. The molecule has 1 saturated heterocycles. The van der Waals surface area contributed by atoms with E-state index < -0.39 is 0 Å². The number of thiophene rings is 1. The Morgan fingerprint density at radius 3 is 2.92 bits per heavy atom. The third-order valence-corrected chi connectivity index (χ3v) is 3.99. The number of nitrogens with one attached hydrogen (secondary N) is 1. The molecule has 1 nitrogen and oxygen atoms in total. The highest BCUT2D eigenvalue weighted by atomic mass is 79.9. The van der Waals surface area contributed by atoms with Gasteiger partial charge in [0.1, 0.15) is 0 Å². The van der Waals surface area contributed by atoms with Gasteiger partial charge < -0.3 is 5.32 Å². The molecule has 2 heterocycles. The van der Waals surface area contributed by atoms with Gasteiger partial charge in [0.2, 0.25) is 0 Å². The third-order valence-electron chi connectivity index (χ3n) is 2.25. The summed E-state index contributed by atoms with van der Waals surface area (Å²) < 4.78 is 1.24. The Bertz CT molecular complexity index is 253. The number of halogens is 1. The Morgan fingerprint density at radius 1 is 1.42 bits per heavy atom. The summed E-state index contributed by atoms with van der Waals surface area (Å²) in [7, 11) is 0. The first-order chi connectivity index (χ1) is 5.86. The predicted octanol–water partition coefficient (Wildman–Crippen LogP) is 3.33. The first-order valence-corrected chi connectivity index (χ1v) is 5.96. The quantitative estimate of drug-likeness (QED) is 0.801. The van der Waals surface area contributed by atoms with Crippen LogP contribution in [0.5, 0.6) is 0 Å². The average molecular weight is 246 g/mol. The SMILES string of the molecule is Brc1ccc([C@H]2CCCCN2)s1. The Balaban J connectivity index is 2.08. The average Bonchev–Trinajstić information content (AvgIpc) is 2.54. The van der Waals surface area contributed by atoms with Crippen LogP contribution in [0.3, 0.4) is 0 Å². The normalized spacial score (nSPS) is 24.2. The van der Waals surface area contributed by atoms with E-state index in [4.69, 9.17) is 0 Å². The number of rotatable bonds is 1. The van der Waals surface area contributed by atoms with E-state index in [-0.39, 0.29) is 0 Å². The van der Waals surface area contributed by atoms with E-state index in [9.17, 15) is 0 Å². The van der Waals surface area contributed by atoms with Crippen LogP contribution in [0.1, 0.15) is 30.2 Å². The second kappa shape index (κ2) is 3.90. The molecule has 0 aliphatic carbocycles. The molecular formula is C9H12BrNS. The highest BCUT2D eigenvalue weighted by Gasteiger charge is 2.15. The molecule has 0 aromatic carbocycles. The topological polar surface area (TPSA) is 12.0 Å². The van der Waals surface area contributed by atoms with Crippen LogP contribution < -0.4 is 5.32 Å². The minimum absolute atomic E-state index is 0.620. The molecule has 1 fully saturated rings. The van der Waals surface area contributed by atoms with Crippen LogP contribution in [0.4, 0.5) is 0 Å². The molecule has 0 radical (unpaired) electrons. The molecule has 12 heavy (non-hydrogen) atoms. The van der Waals surface area contributed by atoms with E-state index in [0.717, 1.165) is 0 Å². The molecule has 2 rings (SSSR count). The zero-order chi connectivity index (χ0) is 8.39. The summed E-state index contributed by atoms with van der Waals surface area (Å²) in [6, 6.07) is 4.98. The molecule has 1 atom stereocenters. The monoisotopic (exact) mass is 245 g/mol. The van der Waals surface area contributed by atoms with Gasteiger partial charge in [-0.15, -0.1) is 11.3 Å². The van der Waals surface area contributed by atoms with Crippen molar-refractivity contribution in [3.05, 3.63) is 20.8 Å². The van der Waals surface area contributed by atoms with E-state index in [2.05, 4.69) is 33.4 Å². The first-order valence-electron chi connectivity index (χ1n) is 4.35. The van der Waals surface area contributed by atoms with E-state index in [0.29, 0.717) is 6.04 Å². The van der Waals surface area contributed by atoms with Gasteiger partial charge in [0.15, 0.2) is 0 Å². The molecule has 0 bridgehead atoms. The lowest BCUT2D eigenvalue weighted by Gasteiger charge is -2.21. The third kappa shape index (κ3) is 1.90. The second-order valence-corrected chi connectivity index (χ2v) is 5.64. The van der Waals surface area contributed by atoms with Crippen LogP contribution in [-0.4, -0.2) is 6.54 Å². The predicted molar refractivity (Wildman–Crippen MR) is 56.6 cm³/mol. The van der Waals surface area contributed by atoms with Gasteiger partial charge in [-0.05, 0) is 47.4 Å². The largest absolute Gasteiger partial charge is 0.309 e. The maximum Gasteiger partial charge on any atom is 0.0701 e. The van der Waals surface area contributed by atoms with Gasteiger partial charge in [0.25, 0.3) is 0 Å². The number of hydrogen-bond acceptors (Lipinski definition) is 2. The van der Waals surface area contributed by atoms with Crippen LogP contribution in [0, 0.1) is 0 Å². The van der Waals surface area contributed by atoms with Crippen molar-refractivity contribution >= 4 is 27.3 Å². The second-order valence-electron chi connectivity index (χ2n) is 3.14. The number of piperidine rings is 1. The Morgan fingerprint density at radius 2 is 2.33 bits per heavy atom. The minimum Gasteiger partial charge on any atom is -0.309 e. The summed E-state index contributed by atoms with van der Waals surface area (Å²) in [5.41, 5.74) is 0. The fourth-order valence-corrected chi connectivity index (χ4v) is 3.14. The summed E-state index contributed by atoms with van der Waals surface area (Å²) in [5, 5.41) is 3.54. The highest BCUT2D eigenvalue weighted by Crippen LogP contribution is 2.31. The van der Waals surface area contributed by atoms with Gasteiger partial charge in [-0.3, -0.25) is 0 Å². The van der Waals surface area contributed by atoms with Crippen molar-refractivity contribution < 1.29 is 0 Å². The zero-order valence-corrected chi connectivity index (χ0v) is 9.25. The van der Waals surface area contributed by atoms with Gasteiger partial charge >= 0.3 is 0 Å². The lowest BCUT2D eigenvalue weighted by Crippen LogP contribution is -2.25. The van der Waals surface area contributed by atoms with Gasteiger partial charge in [-0.25, -0.2) is 0 Å². The van der Waals surface area contributed by atoms with E-state index in [1.807, 2.05) is 11.3 Å². The summed E-state index contributed by atoms with van der Waals surface area (Å²) in [6.45, 7) is 1.18. The Hall–Kier alpha value is 0.140. The van der Waals surface area contributed by atoms with Crippen LogP contribution in [0.15, 0.2) is 15.9 Å². The fraction of sp³-hybridized carbons (Fsp3) is 0.556. The van der Waals surface area contributed by atoms with Crippen LogP contribution in [0.2, 0.25) is 0 Å². The number of hydrogen-bond donors (Lipinski definition) is 1. The molecule has 66 valence electrons. The first kappa shape index (κ1) is 8.73. The van der Waals surface area contributed by atoms with Crippen molar-refractivity contribution in [2.24, 2.45) is 0 Å².